The Morgan fingerprint density at radius 1 is 1.20 bits per heavy atom. The zero-order valence-corrected chi connectivity index (χ0v) is 12.3. The Bertz CT molecular complexity index is 485. The van der Waals surface area contributed by atoms with Crippen molar-refractivity contribution >= 4 is 0 Å². The number of ether oxygens (including phenoxy) is 2. The molecule has 0 bridgehead atoms. The second-order valence-electron chi connectivity index (χ2n) is 5.87. The molecule has 1 heterocycles. The molecule has 0 radical (unpaired) electrons. The first-order valence-electron chi connectivity index (χ1n) is 7.35. The molecule has 0 amide bonds. The number of hydrogen-bond acceptors (Lipinski definition) is 4. The van der Waals surface area contributed by atoms with Crippen molar-refractivity contribution in [2.24, 2.45) is 5.92 Å². The quantitative estimate of drug-likeness (QED) is 0.891. The molecule has 1 atom stereocenters. The lowest BCUT2D eigenvalue weighted by Gasteiger charge is -2.31. The molecule has 0 saturated heterocycles. The van der Waals surface area contributed by atoms with Gasteiger partial charge in [-0.25, -0.2) is 0 Å². The van der Waals surface area contributed by atoms with Gasteiger partial charge in [0, 0.05) is 19.6 Å². The second kappa shape index (κ2) is 5.62. The molecule has 3 rings (SSSR count). The van der Waals surface area contributed by atoms with Crippen LogP contribution in [0.2, 0.25) is 0 Å². The SMILES string of the molecule is COc1cc2c(cc1OC)CN(CC(O)C1CC1)CC2. The van der Waals surface area contributed by atoms with Crippen molar-refractivity contribution < 1.29 is 14.6 Å². The number of aliphatic hydroxyl groups excluding tert-OH is 1. The summed E-state index contributed by atoms with van der Waals surface area (Å²) in [5.74, 6) is 2.13. The number of fused-ring (bicyclic) bond motifs is 1. The predicted octanol–water partition coefficient (Wildman–Crippen LogP) is 1.83. The van der Waals surface area contributed by atoms with Crippen molar-refractivity contribution in [1.82, 2.24) is 4.90 Å². The van der Waals surface area contributed by atoms with Crippen molar-refractivity contribution in [1.29, 1.82) is 0 Å². The van der Waals surface area contributed by atoms with Crippen LogP contribution in [-0.4, -0.2) is 43.4 Å². The Morgan fingerprint density at radius 3 is 2.45 bits per heavy atom. The Balaban J connectivity index is 1.72. The molecule has 1 saturated carbocycles. The summed E-state index contributed by atoms with van der Waals surface area (Å²) in [6.07, 6.45) is 3.23. The fourth-order valence-corrected chi connectivity index (χ4v) is 2.99. The van der Waals surface area contributed by atoms with Crippen LogP contribution in [-0.2, 0) is 13.0 Å². The first-order valence-corrected chi connectivity index (χ1v) is 7.35. The van der Waals surface area contributed by atoms with E-state index in [1.165, 1.54) is 24.0 Å². The molecule has 0 aromatic heterocycles. The van der Waals surface area contributed by atoms with E-state index in [0.29, 0.717) is 5.92 Å². The van der Waals surface area contributed by atoms with Gasteiger partial charge in [-0.3, -0.25) is 4.90 Å². The molecule has 4 nitrogen and oxygen atoms in total. The first kappa shape index (κ1) is 13.7. The summed E-state index contributed by atoms with van der Waals surface area (Å²) in [6.45, 7) is 2.68. The lowest BCUT2D eigenvalue weighted by Crippen LogP contribution is -2.37. The number of methoxy groups -OCH3 is 2. The van der Waals surface area contributed by atoms with Gasteiger partial charge in [0.2, 0.25) is 0 Å². The lowest BCUT2D eigenvalue weighted by molar-refractivity contribution is 0.0888. The van der Waals surface area contributed by atoms with E-state index in [4.69, 9.17) is 9.47 Å². The summed E-state index contributed by atoms with van der Waals surface area (Å²) in [5, 5.41) is 10.1. The molecule has 1 N–H and O–H groups in total. The van der Waals surface area contributed by atoms with Gasteiger partial charge in [-0.1, -0.05) is 0 Å². The van der Waals surface area contributed by atoms with E-state index in [0.717, 1.165) is 37.6 Å². The zero-order chi connectivity index (χ0) is 14.1. The monoisotopic (exact) mass is 277 g/mol. The minimum atomic E-state index is -0.156. The fourth-order valence-electron chi connectivity index (χ4n) is 2.99. The van der Waals surface area contributed by atoms with E-state index in [9.17, 15) is 5.11 Å². The minimum absolute atomic E-state index is 0.156. The molecule has 1 aliphatic heterocycles. The molecule has 1 aromatic rings. The second-order valence-corrected chi connectivity index (χ2v) is 5.87. The van der Waals surface area contributed by atoms with Gasteiger partial charge in [0.15, 0.2) is 11.5 Å². The molecule has 1 aliphatic carbocycles. The van der Waals surface area contributed by atoms with Crippen LogP contribution in [0.3, 0.4) is 0 Å². The summed E-state index contributed by atoms with van der Waals surface area (Å²) in [7, 11) is 3.34. The maximum absolute atomic E-state index is 10.1. The third-order valence-electron chi connectivity index (χ3n) is 4.41. The molecule has 1 fully saturated rings. The summed E-state index contributed by atoms with van der Waals surface area (Å²) in [6, 6.07) is 4.16. The maximum Gasteiger partial charge on any atom is 0.161 e. The van der Waals surface area contributed by atoms with Gasteiger partial charge < -0.3 is 14.6 Å². The van der Waals surface area contributed by atoms with Gasteiger partial charge in [-0.2, -0.15) is 0 Å². The normalized spacial score (nSPS) is 20.4. The summed E-state index contributed by atoms with van der Waals surface area (Å²) < 4.78 is 10.7. The Kier molecular flexibility index (Phi) is 3.85. The molecule has 20 heavy (non-hydrogen) atoms. The van der Waals surface area contributed by atoms with Crippen LogP contribution in [0.5, 0.6) is 11.5 Å². The Hall–Kier alpha value is -1.26. The molecule has 0 spiro atoms. The maximum atomic E-state index is 10.1. The minimum Gasteiger partial charge on any atom is -0.493 e. The van der Waals surface area contributed by atoms with Crippen LogP contribution in [0.1, 0.15) is 24.0 Å². The highest BCUT2D eigenvalue weighted by Gasteiger charge is 2.31. The van der Waals surface area contributed by atoms with Crippen molar-refractivity contribution in [2.45, 2.75) is 31.9 Å². The molecule has 110 valence electrons. The topological polar surface area (TPSA) is 41.9 Å². The summed E-state index contributed by atoms with van der Waals surface area (Å²) >= 11 is 0. The van der Waals surface area contributed by atoms with E-state index in [1.54, 1.807) is 14.2 Å². The lowest BCUT2D eigenvalue weighted by atomic mass is 9.98. The van der Waals surface area contributed by atoms with Crippen molar-refractivity contribution in [3.05, 3.63) is 23.3 Å². The van der Waals surface area contributed by atoms with E-state index in [2.05, 4.69) is 17.0 Å². The van der Waals surface area contributed by atoms with Crippen LogP contribution in [0.15, 0.2) is 12.1 Å². The van der Waals surface area contributed by atoms with Gasteiger partial charge in [0.05, 0.1) is 20.3 Å². The molecule has 4 heteroatoms. The average Bonchev–Trinajstić information content (AvgIpc) is 3.30. The van der Waals surface area contributed by atoms with Crippen LogP contribution in [0, 0.1) is 5.92 Å². The van der Waals surface area contributed by atoms with Crippen molar-refractivity contribution in [2.75, 3.05) is 27.3 Å². The van der Waals surface area contributed by atoms with Gasteiger partial charge in [0.25, 0.3) is 0 Å². The first-order chi connectivity index (χ1) is 9.71. The van der Waals surface area contributed by atoms with Crippen LogP contribution in [0.4, 0.5) is 0 Å². The summed E-state index contributed by atoms with van der Waals surface area (Å²) in [5.41, 5.74) is 2.62. The van der Waals surface area contributed by atoms with Crippen molar-refractivity contribution in [3.63, 3.8) is 0 Å². The number of β-amino-alcohol motifs (C(OH)–C–C–N with tert-alkyl or cyclic N) is 1. The highest BCUT2D eigenvalue weighted by molar-refractivity contribution is 5.48. The standard InChI is InChI=1S/C16H23NO3/c1-19-15-7-12-5-6-17(10-14(18)11-3-4-11)9-13(12)8-16(15)20-2/h7-8,11,14,18H,3-6,9-10H2,1-2H3. The van der Waals surface area contributed by atoms with Gasteiger partial charge in [0.1, 0.15) is 0 Å². The van der Waals surface area contributed by atoms with E-state index < -0.39 is 0 Å². The number of nitrogens with zero attached hydrogens (tertiary/aromatic N) is 1. The highest BCUT2D eigenvalue weighted by atomic mass is 16.5. The highest BCUT2D eigenvalue weighted by Crippen LogP contribution is 2.35. The Morgan fingerprint density at radius 2 is 1.85 bits per heavy atom. The smallest absolute Gasteiger partial charge is 0.161 e. The van der Waals surface area contributed by atoms with E-state index in [-0.39, 0.29) is 6.10 Å². The van der Waals surface area contributed by atoms with Crippen LogP contribution < -0.4 is 9.47 Å². The summed E-state index contributed by atoms with van der Waals surface area (Å²) in [4.78, 5) is 2.34. The van der Waals surface area contributed by atoms with Crippen LogP contribution in [0.25, 0.3) is 0 Å². The molecular weight excluding hydrogens is 254 g/mol. The van der Waals surface area contributed by atoms with E-state index in [1.807, 2.05) is 0 Å². The largest absolute Gasteiger partial charge is 0.493 e. The Labute approximate surface area is 120 Å². The van der Waals surface area contributed by atoms with Crippen molar-refractivity contribution in [3.8, 4) is 11.5 Å². The molecule has 1 aromatic carbocycles. The molecular formula is C16H23NO3. The number of hydrogen-bond donors (Lipinski definition) is 1. The van der Waals surface area contributed by atoms with Gasteiger partial charge >= 0.3 is 0 Å². The van der Waals surface area contributed by atoms with Gasteiger partial charge in [-0.05, 0) is 48.4 Å². The molecule has 2 aliphatic rings. The number of aliphatic hydroxyl groups is 1. The molecule has 1 unspecified atom stereocenters. The predicted molar refractivity (Wildman–Crippen MR) is 77.3 cm³/mol. The number of benzene rings is 1. The van der Waals surface area contributed by atoms with E-state index >= 15 is 0 Å². The zero-order valence-electron chi connectivity index (χ0n) is 12.3. The van der Waals surface area contributed by atoms with Crippen LogP contribution >= 0.6 is 0 Å². The third-order valence-corrected chi connectivity index (χ3v) is 4.41. The number of rotatable bonds is 5. The fraction of sp³-hybridized carbons (Fsp3) is 0.625. The average molecular weight is 277 g/mol. The third kappa shape index (κ3) is 2.76. The van der Waals surface area contributed by atoms with Gasteiger partial charge in [-0.15, -0.1) is 0 Å².